The van der Waals surface area contributed by atoms with Gasteiger partial charge in [-0.15, -0.1) is 0 Å². The molecule has 0 aliphatic carbocycles. The first kappa shape index (κ1) is 19.0. The van der Waals surface area contributed by atoms with Gasteiger partial charge in [0.1, 0.15) is 0 Å². The third-order valence-corrected chi connectivity index (χ3v) is 4.31. The number of carbonyl (C=O) groups is 3. The molecule has 6 nitrogen and oxygen atoms in total. The van der Waals surface area contributed by atoms with Gasteiger partial charge in [0.25, 0.3) is 5.91 Å². The van der Waals surface area contributed by atoms with E-state index >= 15 is 0 Å². The van der Waals surface area contributed by atoms with Gasteiger partial charge in [-0.3, -0.25) is 14.4 Å². The molecule has 0 unspecified atom stereocenters. The molecule has 1 heterocycles. The van der Waals surface area contributed by atoms with Gasteiger partial charge < -0.3 is 15.1 Å². The van der Waals surface area contributed by atoms with E-state index in [0.717, 1.165) is 19.3 Å². The molecular weight excluding hydrogens is 318 g/mol. The van der Waals surface area contributed by atoms with Gasteiger partial charge >= 0.3 is 0 Å². The van der Waals surface area contributed by atoms with Crippen LogP contribution in [-0.4, -0.2) is 53.7 Å². The SMILES string of the molecule is CCCCC(=O)N1CCCN(C(=O)c2cccc(NC(C)=O)c2)CC1. The van der Waals surface area contributed by atoms with E-state index in [1.165, 1.54) is 6.92 Å². The highest BCUT2D eigenvalue weighted by Crippen LogP contribution is 2.15. The number of rotatable bonds is 5. The van der Waals surface area contributed by atoms with E-state index in [2.05, 4.69) is 12.2 Å². The molecule has 1 aromatic carbocycles. The molecule has 25 heavy (non-hydrogen) atoms. The van der Waals surface area contributed by atoms with Crippen molar-refractivity contribution in [1.82, 2.24) is 9.80 Å². The van der Waals surface area contributed by atoms with E-state index in [9.17, 15) is 14.4 Å². The molecule has 0 saturated carbocycles. The van der Waals surface area contributed by atoms with Crippen LogP contribution in [0.15, 0.2) is 24.3 Å². The lowest BCUT2D eigenvalue weighted by Gasteiger charge is -2.22. The predicted octanol–water partition coefficient (Wildman–Crippen LogP) is 2.51. The zero-order valence-corrected chi connectivity index (χ0v) is 15.1. The van der Waals surface area contributed by atoms with Crippen LogP contribution in [-0.2, 0) is 9.59 Å². The number of hydrogen-bond acceptors (Lipinski definition) is 3. The smallest absolute Gasteiger partial charge is 0.253 e. The molecule has 1 aliphatic rings. The van der Waals surface area contributed by atoms with Gasteiger partial charge in [0, 0.05) is 50.8 Å². The Balaban J connectivity index is 1.98. The molecule has 1 fully saturated rings. The minimum atomic E-state index is -0.166. The Labute approximate surface area is 149 Å². The van der Waals surface area contributed by atoms with E-state index in [4.69, 9.17) is 0 Å². The van der Waals surface area contributed by atoms with Gasteiger partial charge in [-0.05, 0) is 31.0 Å². The van der Waals surface area contributed by atoms with Crippen LogP contribution < -0.4 is 5.32 Å². The average molecular weight is 345 g/mol. The third-order valence-electron chi connectivity index (χ3n) is 4.31. The van der Waals surface area contributed by atoms with E-state index in [1.54, 1.807) is 29.2 Å². The van der Waals surface area contributed by atoms with Crippen molar-refractivity contribution in [2.75, 3.05) is 31.5 Å². The Morgan fingerprint density at radius 1 is 1.08 bits per heavy atom. The van der Waals surface area contributed by atoms with Gasteiger partial charge in [0.05, 0.1) is 0 Å². The van der Waals surface area contributed by atoms with Gasteiger partial charge in [-0.25, -0.2) is 0 Å². The Morgan fingerprint density at radius 2 is 1.80 bits per heavy atom. The summed E-state index contributed by atoms with van der Waals surface area (Å²) in [5.41, 5.74) is 1.17. The minimum absolute atomic E-state index is 0.0601. The van der Waals surface area contributed by atoms with Crippen molar-refractivity contribution < 1.29 is 14.4 Å². The molecule has 1 N–H and O–H groups in total. The lowest BCUT2D eigenvalue weighted by atomic mass is 10.1. The van der Waals surface area contributed by atoms with Gasteiger partial charge in [0.2, 0.25) is 11.8 Å². The van der Waals surface area contributed by atoms with Crippen LogP contribution in [0.1, 0.15) is 49.9 Å². The number of unbranched alkanes of at least 4 members (excludes halogenated alkanes) is 1. The third kappa shape index (κ3) is 5.59. The van der Waals surface area contributed by atoms with Crippen LogP contribution in [0, 0.1) is 0 Å². The molecule has 1 aliphatic heterocycles. The summed E-state index contributed by atoms with van der Waals surface area (Å²) in [5.74, 6) is -0.0422. The number of anilines is 1. The van der Waals surface area contributed by atoms with Crippen LogP contribution >= 0.6 is 0 Å². The minimum Gasteiger partial charge on any atom is -0.341 e. The highest BCUT2D eigenvalue weighted by Gasteiger charge is 2.22. The first-order chi connectivity index (χ1) is 12.0. The summed E-state index contributed by atoms with van der Waals surface area (Å²) in [5, 5.41) is 2.69. The second-order valence-corrected chi connectivity index (χ2v) is 6.39. The summed E-state index contributed by atoms with van der Waals surface area (Å²) in [6.45, 7) is 5.98. The topological polar surface area (TPSA) is 69.7 Å². The second kappa shape index (κ2) is 9.20. The lowest BCUT2D eigenvalue weighted by Crippen LogP contribution is -2.37. The molecule has 0 bridgehead atoms. The summed E-state index contributed by atoms with van der Waals surface area (Å²) >= 11 is 0. The van der Waals surface area contributed by atoms with Crippen LogP contribution in [0.3, 0.4) is 0 Å². The fourth-order valence-electron chi connectivity index (χ4n) is 2.97. The number of nitrogens with zero attached hydrogens (tertiary/aromatic N) is 2. The standard InChI is InChI=1S/C19H27N3O3/c1-3-4-9-18(24)21-10-6-11-22(13-12-21)19(25)16-7-5-8-17(14-16)20-15(2)23/h5,7-8,14H,3-4,6,9-13H2,1-2H3,(H,20,23). The maximum atomic E-state index is 12.7. The van der Waals surface area contributed by atoms with Crippen molar-refractivity contribution >= 4 is 23.4 Å². The molecule has 0 atom stereocenters. The van der Waals surface area contributed by atoms with Gasteiger partial charge in [0.15, 0.2) is 0 Å². The summed E-state index contributed by atoms with van der Waals surface area (Å²) < 4.78 is 0. The Bertz CT molecular complexity index is 630. The van der Waals surface area contributed by atoms with Crippen LogP contribution in [0.4, 0.5) is 5.69 Å². The Hall–Kier alpha value is -2.37. The summed E-state index contributed by atoms with van der Waals surface area (Å²) in [4.78, 5) is 39.8. The average Bonchev–Trinajstić information content (AvgIpc) is 2.85. The number of nitrogens with one attached hydrogen (secondary N) is 1. The van der Waals surface area contributed by atoms with Crippen molar-refractivity contribution in [3.05, 3.63) is 29.8 Å². The molecule has 0 spiro atoms. The Morgan fingerprint density at radius 3 is 2.52 bits per heavy atom. The van der Waals surface area contributed by atoms with Crippen LogP contribution in [0.25, 0.3) is 0 Å². The van der Waals surface area contributed by atoms with Crippen molar-refractivity contribution in [2.45, 2.75) is 39.5 Å². The first-order valence-electron chi connectivity index (χ1n) is 8.96. The zero-order valence-electron chi connectivity index (χ0n) is 15.1. The van der Waals surface area contributed by atoms with Gasteiger partial charge in [-0.1, -0.05) is 19.4 Å². The highest BCUT2D eigenvalue weighted by atomic mass is 16.2. The number of benzene rings is 1. The quantitative estimate of drug-likeness (QED) is 0.891. The molecule has 3 amide bonds. The molecule has 1 saturated heterocycles. The molecule has 136 valence electrons. The number of carbonyl (C=O) groups excluding carboxylic acids is 3. The lowest BCUT2D eigenvalue weighted by molar-refractivity contribution is -0.131. The molecule has 1 aromatic rings. The first-order valence-corrected chi connectivity index (χ1v) is 8.96. The van der Waals surface area contributed by atoms with Gasteiger partial charge in [-0.2, -0.15) is 0 Å². The zero-order chi connectivity index (χ0) is 18.2. The Kier molecular flexibility index (Phi) is 6.98. The van der Waals surface area contributed by atoms with Crippen LogP contribution in [0.2, 0.25) is 0 Å². The van der Waals surface area contributed by atoms with E-state index in [-0.39, 0.29) is 17.7 Å². The summed E-state index contributed by atoms with van der Waals surface area (Å²) in [6, 6.07) is 6.97. The van der Waals surface area contributed by atoms with Crippen molar-refractivity contribution in [1.29, 1.82) is 0 Å². The highest BCUT2D eigenvalue weighted by molar-refractivity contribution is 5.96. The molecule has 2 rings (SSSR count). The van der Waals surface area contributed by atoms with E-state index in [1.807, 2.05) is 4.90 Å². The predicted molar refractivity (Wildman–Crippen MR) is 97.4 cm³/mol. The fraction of sp³-hybridized carbons (Fsp3) is 0.526. The molecule has 0 radical (unpaired) electrons. The van der Waals surface area contributed by atoms with Crippen LogP contribution in [0.5, 0.6) is 0 Å². The maximum absolute atomic E-state index is 12.7. The van der Waals surface area contributed by atoms with E-state index < -0.39 is 0 Å². The van der Waals surface area contributed by atoms with E-state index in [0.29, 0.717) is 43.9 Å². The molecule has 6 heteroatoms. The normalized spacial score (nSPS) is 14.8. The maximum Gasteiger partial charge on any atom is 0.253 e. The largest absolute Gasteiger partial charge is 0.341 e. The summed E-state index contributed by atoms with van der Waals surface area (Å²) in [7, 11) is 0. The number of hydrogen-bond donors (Lipinski definition) is 1. The summed E-state index contributed by atoms with van der Waals surface area (Å²) in [6.07, 6.45) is 3.29. The second-order valence-electron chi connectivity index (χ2n) is 6.39. The monoisotopic (exact) mass is 345 g/mol. The molecular formula is C19H27N3O3. The van der Waals surface area contributed by atoms with Crippen molar-refractivity contribution in [3.63, 3.8) is 0 Å². The van der Waals surface area contributed by atoms with Crippen molar-refractivity contribution in [2.24, 2.45) is 0 Å². The fourth-order valence-corrected chi connectivity index (χ4v) is 2.97. The van der Waals surface area contributed by atoms with Crippen molar-refractivity contribution in [3.8, 4) is 0 Å². The molecule has 0 aromatic heterocycles. The number of amides is 3.